The standard InChI is InChI=1S/C16H15ClN4O6/c17-15-10(3-1-5-18-15)21-13(23)9-27-14(24)8-19-12(22)7-20-16(25)11-4-2-6-26-11/h1-6H,7-9H2,(H,19,22)(H,20,25)(H,21,23). The van der Waals surface area contributed by atoms with Crippen LogP contribution in [0.1, 0.15) is 10.6 Å². The van der Waals surface area contributed by atoms with Gasteiger partial charge in [0.2, 0.25) is 5.91 Å². The Kier molecular flexibility index (Phi) is 7.32. The molecule has 0 bridgehead atoms. The number of pyridine rings is 1. The molecule has 27 heavy (non-hydrogen) atoms. The van der Waals surface area contributed by atoms with Gasteiger partial charge in [0.05, 0.1) is 18.5 Å². The van der Waals surface area contributed by atoms with Crippen molar-refractivity contribution in [1.29, 1.82) is 0 Å². The smallest absolute Gasteiger partial charge is 0.325 e. The molecule has 10 nitrogen and oxygen atoms in total. The van der Waals surface area contributed by atoms with Gasteiger partial charge in [0.25, 0.3) is 11.8 Å². The minimum atomic E-state index is -0.826. The van der Waals surface area contributed by atoms with Gasteiger partial charge < -0.3 is 25.1 Å². The first kappa shape index (κ1) is 19.9. The third kappa shape index (κ3) is 6.78. The normalized spacial score (nSPS) is 9.96. The Bertz CT molecular complexity index is 824. The lowest BCUT2D eigenvalue weighted by atomic mass is 10.4. The van der Waals surface area contributed by atoms with Crippen molar-refractivity contribution in [1.82, 2.24) is 15.6 Å². The number of esters is 1. The summed E-state index contributed by atoms with van der Waals surface area (Å²) >= 11 is 5.78. The van der Waals surface area contributed by atoms with Gasteiger partial charge in [0.1, 0.15) is 6.54 Å². The molecule has 0 unspecified atom stereocenters. The number of anilines is 1. The highest BCUT2D eigenvalue weighted by atomic mass is 35.5. The average molecular weight is 395 g/mol. The number of furan rings is 1. The van der Waals surface area contributed by atoms with Crippen molar-refractivity contribution < 1.29 is 28.3 Å². The molecule has 0 fully saturated rings. The number of halogens is 1. The summed E-state index contributed by atoms with van der Waals surface area (Å²) in [5.41, 5.74) is 0.279. The molecule has 3 amide bonds. The summed E-state index contributed by atoms with van der Waals surface area (Å²) in [7, 11) is 0. The summed E-state index contributed by atoms with van der Waals surface area (Å²) < 4.78 is 9.58. The number of ether oxygens (including phenoxy) is 1. The highest BCUT2D eigenvalue weighted by Crippen LogP contribution is 2.16. The molecule has 0 saturated carbocycles. The van der Waals surface area contributed by atoms with Gasteiger partial charge >= 0.3 is 5.97 Å². The first-order chi connectivity index (χ1) is 13.0. The first-order valence-electron chi connectivity index (χ1n) is 7.60. The van der Waals surface area contributed by atoms with E-state index < -0.39 is 36.8 Å². The van der Waals surface area contributed by atoms with E-state index in [2.05, 4.69) is 20.9 Å². The van der Waals surface area contributed by atoms with Crippen LogP contribution in [0.3, 0.4) is 0 Å². The molecule has 0 spiro atoms. The number of carbonyl (C=O) groups excluding carboxylic acids is 4. The van der Waals surface area contributed by atoms with E-state index in [1.165, 1.54) is 30.7 Å². The number of nitrogens with zero attached hydrogens (tertiary/aromatic N) is 1. The molecule has 2 heterocycles. The first-order valence-corrected chi connectivity index (χ1v) is 7.98. The van der Waals surface area contributed by atoms with Crippen LogP contribution in [-0.4, -0.2) is 48.4 Å². The van der Waals surface area contributed by atoms with Crippen LogP contribution in [0, 0.1) is 0 Å². The van der Waals surface area contributed by atoms with Crippen molar-refractivity contribution in [3.8, 4) is 0 Å². The number of amides is 3. The number of rotatable bonds is 8. The van der Waals surface area contributed by atoms with E-state index in [0.29, 0.717) is 0 Å². The van der Waals surface area contributed by atoms with E-state index >= 15 is 0 Å². The van der Waals surface area contributed by atoms with Gasteiger partial charge in [-0.15, -0.1) is 0 Å². The number of hydrogen-bond donors (Lipinski definition) is 3. The van der Waals surface area contributed by atoms with E-state index in [1.807, 2.05) is 0 Å². The molecule has 0 aliphatic carbocycles. The van der Waals surface area contributed by atoms with E-state index in [-0.39, 0.29) is 23.1 Å². The third-order valence-electron chi connectivity index (χ3n) is 2.98. The minimum absolute atomic E-state index is 0.0574. The molecule has 0 saturated heterocycles. The van der Waals surface area contributed by atoms with Crippen molar-refractivity contribution in [2.75, 3.05) is 25.0 Å². The number of nitrogens with one attached hydrogen (secondary N) is 3. The molecule has 142 valence electrons. The maximum absolute atomic E-state index is 11.7. The number of carbonyl (C=O) groups is 4. The number of aromatic nitrogens is 1. The van der Waals surface area contributed by atoms with Crippen LogP contribution in [0.2, 0.25) is 5.15 Å². The zero-order chi connectivity index (χ0) is 19.6. The van der Waals surface area contributed by atoms with Gasteiger partial charge in [-0.1, -0.05) is 11.6 Å². The molecule has 2 rings (SSSR count). The van der Waals surface area contributed by atoms with E-state index in [4.69, 9.17) is 20.8 Å². The zero-order valence-corrected chi connectivity index (χ0v) is 14.6. The predicted molar refractivity (Wildman–Crippen MR) is 92.9 cm³/mol. The Balaban J connectivity index is 1.62. The van der Waals surface area contributed by atoms with Crippen molar-refractivity contribution in [3.63, 3.8) is 0 Å². The quantitative estimate of drug-likeness (QED) is 0.433. The van der Waals surface area contributed by atoms with Crippen LogP contribution < -0.4 is 16.0 Å². The molecule has 0 aliphatic rings. The molecular weight excluding hydrogens is 380 g/mol. The lowest BCUT2D eigenvalue weighted by Crippen LogP contribution is -2.39. The van der Waals surface area contributed by atoms with E-state index in [0.717, 1.165) is 0 Å². The summed E-state index contributed by atoms with van der Waals surface area (Å²) in [5.74, 6) is -2.56. The molecular formula is C16H15ClN4O6. The summed E-state index contributed by atoms with van der Waals surface area (Å²) in [4.78, 5) is 50.1. The maximum atomic E-state index is 11.7. The lowest BCUT2D eigenvalue weighted by molar-refractivity contribution is -0.147. The van der Waals surface area contributed by atoms with Crippen LogP contribution in [0.15, 0.2) is 41.1 Å². The second-order valence-electron chi connectivity index (χ2n) is 4.99. The highest BCUT2D eigenvalue weighted by Gasteiger charge is 2.13. The van der Waals surface area contributed by atoms with Crippen LogP contribution in [0.25, 0.3) is 0 Å². The molecule has 3 N–H and O–H groups in total. The van der Waals surface area contributed by atoms with Crippen molar-refractivity contribution in [3.05, 3.63) is 47.6 Å². The van der Waals surface area contributed by atoms with Crippen LogP contribution in [-0.2, 0) is 19.1 Å². The second kappa shape index (κ2) is 9.92. The third-order valence-corrected chi connectivity index (χ3v) is 3.28. The fraction of sp³-hybridized carbons (Fsp3) is 0.188. The van der Waals surface area contributed by atoms with Gasteiger partial charge in [-0.3, -0.25) is 19.2 Å². The maximum Gasteiger partial charge on any atom is 0.325 e. The highest BCUT2D eigenvalue weighted by molar-refractivity contribution is 6.32. The van der Waals surface area contributed by atoms with Crippen LogP contribution in [0.4, 0.5) is 5.69 Å². The fourth-order valence-electron chi connectivity index (χ4n) is 1.75. The lowest BCUT2D eigenvalue weighted by Gasteiger charge is -2.08. The van der Waals surface area contributed by atoms with Gasteiger partial charge in [-0.05, 0) is 24.3 Å². The topological polar surface area (TPSA) is 140 Å². The van der Waals surface area contributed by atoms with Crippen LogP contribution in [0.5, 0.6) is 0 Å². The molecule has 11 heteroatoms. The summed E-state index contributed by atoms with van der Waals surface area (Å²) in [6, 6.07) is 6.08. The fourth-order valence-corrected chi connectivity index (χ4v) is 1.92. The molecule has 0 atom stereocenters. The minimum Gasteiger partial charge on any atom is -0.459 e. The van der Waals surface area contributed by atoms with Crippen molar-refractivity contribution >= 4 is 41.0 Å². The largest absolute Gasteiger partial charge is 0.459 e. The molecule has 0 radical (unpaired) electrons. The SMILES string of the molecule is O=C(CNC(=O)c1ccco1)NCC(=O)OCC(=O)Nc1cccnc1Cl. The van der Waals surface area contributed by atoms with Gasteiger partial charge in [0.15, 0.2) is 17.5 Å². The number of hydrogen-bond acceptors (Lipinski definition) is 7. The van der Waals surface area contributed by atoms with Crippen molar-refractivity contribution in [2.45, 2.75) is 0 Å². The van der Waals surface area contributed by atoms with Crippen LogP contribution >= 0.6 is 11.6 Å². The molecule has 2 aromatic heterocycles. The Hall–Kier alpha value is -3.40. The molecule has 0 aliphatic heterocycles. The summed E-state index contributed by atoms with van der Waals surface area (Å²) in [5, 5.41) is 7.08. The Morgan fingerprint density at radius 1 is 1.07 bits per heavy atom. The van der Waals surface area contributed by atoms with Gasteiger partial charge in [0, 0.05) is 6.20 Å². The molecule has 2 aromatic rings. The average Bonchev–Trinajstić information content (AvgIpc) is 3.19. The van der Waals surface area contributed by atoms with Crippen molar-refractivity contribution in [2.24, 2.45) is 0 Å². The summed E-state index contributed by atoms with van der Waals surface area (Å²) in [6.45, 7) is -1.38. The van der Waals surface area contributed by atoms with Gasteiger partial charge in [-0.25, -0.2) is 4.98 Å². The van der Waals surface area contributed by atoms with E-state index in [1.54, 1.807) is 6.07 Å². The predicted octanol–water partition coefficient (Wildman–Crippen LogP) is 0.356. The zero-order valence-electron chi connectivity index (χ0n) is 13.9. The Labute approximate surface area is 158 Å². The Morgan fingerprint density at radius 3 is 2.59 bits per heavy atom. The Morgan fingerprint density at radius 2 is 1.89 bits per heavy atom. The monoisotopic (exact) mass is 394 g/mol. The van der Waals surface area contributed by atoms with E-state index in [9.17, 15) is 19.2 Å². The summed E-state index contributed by atoms with van der Waals surface area (Å²) in [6.07, 6.45) is 2.78. The van der Waals surface area contributed by atoms with Gasteiger partial charge in [-0.2, -0.15) is 0 Å². The second-order valence-corrected chi connectivity index (χ2v) is 5.35. The molecule has 0 aromatic carbocycles.